The van der Waals surface area contributed by atoms with Gasteiger partial charge in [-0.3, -0.25) is 0 Å². The molecule has 0 aliphatic heterocycles. The highest BCUT2D eigenvalue weighted by Gasteiger charge is 2.22. The molecule has 0 aliphatic carbocycles. The average Bonchev–Trinajstić information content (AvgIpc) is 2.41. The predicted octanol–water partition coefficient (Wildman–Crippen LogP) is 4.99. The van der Waals surface area contributed by atoms with Crippen LogP contribution in [-0.2, 0) is 0 Å². The van der Waals surface area contributed by atoms with E-state index in [-0.39, 0.29) is 10.2 Å². The fraction of sp³-hybridized carbons (Fsp3) is 0.143. The first-order chi connectivity index (χ1) is 9.45. The smallest absolute Gasteiger partial charge is 0.141 e. The first-order valence-electron chi connectivity index (χ1n) is 5.60. The molecule has 0 amide bonds. The largest absolute Gasteiger partial charge is 0.496 e. The zero-order valence-corrected chi connectivity index (χ0v) is 13.4. The standard InChI is InChI=1S/C14H10BrCl2FO2/c1-20-12-6-11(18)8(15)5-7(12)14(19)13-9(16)3-2-4-10(13)17/h2-6,14,19H,1H3. The lowest BCUT2D eigenvalue weighted by atomic mass is 10.0. The molecule has 6 heteroatoms. The van der Waals surface area contributed by atoms with Crippen molar-refractivity contribution in [1.82, 2.24) is 0 Å². The van der Waals surface area contributed by atoms with E-state index in [1.54, 1.807) is 18.2 Å². The minimum Gasteiger partial charge on any atom is -0.496 e. The van der Waals surface area contributed by atoms with Crippen LogP contribution in [-0.4, -0.2) is 12.2 Å². The minimum atomic E-state index is -1.12. The lowest BCUT2D eigenvalue weighted by molar-refractivity contribution is 0.214. The lowest BCUT2D eigenvalue weighted by Gasteiger charge is -2.18. The molecule has 0 fully saturated rings. The van der Waals surface area contributed by atoms with Crippen LogP contribution in [0, 0.1) is 5.82 Å². The first kappa shape index (κ1) is 15.6. The van der Waals surface area contributed by atoms with Crippen molar-refractivity contribution in [2.75, 3.05) is 7.11 Å². The SMILES string of the molecule is COc1cc(F)c(Br)cc1C(O)c1c(Cl)cccc1Cl. The zero-order valence-electron chi connectivity index (χ0n) is 10.3. The molecule has 20 heavy (non-hydrogen) atoms. The normalized spacial score (nSPS) is 12.3. The number of ether oxygens (including phenoxy) is 1. The van der Waals surface area contributed by atoms with Crippen molar-refractivity contribution in [1.29, 1.82) is 0 Å². The number of hydrogen-bond donors (Lipinski definition) is 1. The second kappa shape index (κ2) is 6.31. The molecule has 106 valence electrons. The highest BCUT2D eigenvalue weighted by molar-refractivity contribution is 9.10. The van der Waals surface area contributed by atoms with Crippen molar-refractivity contribution < 1.29 is 14.2 Å². The fourth-order valence-corrected chi connectivity index (χ4v) is 2.83. The number of benzene rings is 2. The summed E-state index contributed by atoms with van der Waals surface area (Å²) in [6.07, 6.45) is -1.12. The molecular weight excluding hydrogens is 370 g/mol. The molecule has 0 saturated heterocycles. The molecule has 1 unspecified atom stereocenters. The van der Waals surface area contributed by atoms with Crippen molar-refractivity contribution in [3.05, 3.63) is 61.8 Å². The van der Waals surface area contributed by atoms with Gasteiger partial charge < -0.3 is 9.84 Å². The van der Waals surface area contributed by atoms with E-state index < -0.39 is 11.9 Å². The Kier molecular flexibility index (Phi) is 4.91. The second-order valence-corrected chi connectivity index (χ2v) is 5.71. The van der Waals surface area contributed by atoms with Crippen LogP contribution in [0.25, 0.3) is 0 Å². The molecule has 0 bridgehead atoms. The summed E-state index contributed by atoms with van der Waals surface area (Å²) in [5.74, 6) is -0.266. The summed E-state index contributed by atoms with van der Waals surface area (Å²) in [5.41, 5.74) is 0.725. The van der Waals surface area contributed by atoms with Gasteiger partial charge in [-0.25, -0.2) is 4.39 Å². The van der Waals surface area contributed by atoms with Gasteiger partial charge in [0.15, 0.2) is 0 Å². The topological polar surface area (TPSA) is 29.5 Å². The maximum Gasteiger partial charge on any atom is 0.141 e. The Labute approximate surface area is 134 Å². The van der Waals surface area contributed by atoms with E-state index in [0.717, 1.165) is 0 Å². The highest BCUT2D eigenvalue weighted by atomic mass is 79.9. The van der Waals surface area contributed by atoms with Crippen molar-refractivity contribution in [2.45, 2.75) is 6.10 Å². The first-order valence-corrected chi connectivity index (χ1v) is 7.15. The molecule has 0 heterocycles. The van der Waals surface area contributed by atoms with Gasteiger partial charge >= 0.3 is 0 Å². The number of hydrogen-bond acceptors (Lipinski definition) is 2. The summed E-state index contributed by atoms with van der Waals surface area (Å²) < 4.78 is 18.8. The Morgan fingerprint density at radius 3 is 2.40 bits per heavy atom. The summed E-state index contributed by atoms with van der Waals surface area (Å²) in [7, 11) is 1.40. The van der Waals surface area contributed by atoms with E-state index in [1.165, 1.54) is 19.2 Å². The predicted molar refractivity (Wildman–Crippen MR) is 81.2 cm³/mol. The van der Waals surface area contributed by atoms with Crippen LogP contribution in [0.3, 0.4) is 0 Å². The van der Waals surface area contributed by atoms with E-state index in [2.05, 4.69) is 15.9 Å². The third-order valence-corrected chi connectivity index (χ3v) is 4.11. The van der Waals surface area contributed by atoms with Gasteiger partial charge in [0.05, 0.1) is 11.6 Å². The molecule has 0 spiro atoms. The summed E-state index contributed by atoms with van der Waals surface area (Å²) in [6.45, 7) is 0. The van der Waals surface area contributed by atoms with Crippen molar-refractivity contribution >= 4 is 39.1 Å². The van der Waals surface area contributed by atoms with Gasteiger partial charge in [-0.05, 0) is 34.1 Å². The number of methoxy groups -OCH3 is 1. The maximum absolute atomic E-state index is 13.5. The number of aliphatic hydroxyl groups excluding tert-OH is 1. The quantitative estimate of drug-likeness (QED) is 0.814. The number of rotatable bonds is 3. The van der Waals surface area contributed by atoms with Crippen LogP contribution in [0.15, 0.2) is 34.8 Å². The highest BCUT2D eigenvalue weighted by Crippen LogP contribution is 2.39. The summed E-state index contributed by atoms with van der Waals surface area (Å²) in [4.78, 5) is 0. The van der Waals surface area contributed by atoms with E-state index in [1.807, 2.05) is 0 Å². The molecule has 0 saturated carbocycles. The second-order valence-electron chi connectivity index (χ2n) is 4.05. The Balaban J connectivity index is 2.59. The molecule has 2 rings (SSSR count). The number of halogens is 4. The minimum absolute atomic E-state index is 0.217. The zero-order chi connectivity index (χ0) is 14.9. The van der Waals surface area contributed by atoms with E-state index >= 15 is 0 Å². The molecule has 1 N–H and O–H groups in total. The molecule has 0 aliphatic rings. The van der Waals surface area contributed by atoms with Gasteiger partial charge in [0.2, 0.25) is 0 Å². The monoisotopic (exact) mass is 378 g/mol. The van der Waals surface area contributed by atoms with Gasteiger partial charge in [-0.1, -0.05) is 29.3 Å². The van der Waals surface area contributed by atoms with E-state index in [4.69, 9.17) is 27.9 Å². The molecule has 0 radical (unpaired) electrons. The average molecular weight is 380 g/mol. The molecule has 1 atom stereocenters. The van der Waals surface area contributed by atoms with Gasteiger partial charge in [0.1, 0.15) is 17.7 Å². The molecule has 2 nitrogen and oxygen atoms in total. The molecule has 2 aromatic carbocycles. The summed E-state index contributed by atoms with van der Waals surface area (Å²) >= 11 is 15.2. The molecule has 2 aromatic rings. The summed E-state index contributed by atoms with van der Waals surface area (Å²) in [6, 6.07) is 7.55. The maximum atomic E-state index is 13.5. The Hall–Kier alpha value is -0.810. The van der Waals surface area contributed by atoms with Crippen molar-refractivity contribution in [3.63, 3.8) is 0 Å². The van der Waals surface area contributed by atoms with Crippen molar-refractivity contribution in [3.8, 4) is 5.75 Å². The van der Waals surface area contributed by atoms with Gasteiger partial charge in [-0.15, -0.1) is 0 Å². The van der Waals surface area contributed by atoms with Crippen LogP contribution in [0.2, 0.25) is 10.0 Å². The van der Waals surface area contributed by atoms with Crippen molar-refractivity contribution in [2.24, 2.45) is 0 Å². The Morgan fingerprint density at radius 2 is 1.85 bits per heavy atom. The fourth-order valence-electron chi connectivity index (χ4n) is 1.86. The Morgan fingerprint density at radius 1 is 1.25 bits per heavy atom. The van der Waals surface area contributed by atoms with Crippen LogP contribution in [0.5, 0.6) is 5.75 Å². The lowest BCUT2D eigenvalue weighted by Crippen LogP contribution is -2.05. The molecular formula is C14H10BrCl2FO2. The summed E-state index contributed by atoms with van der Waals surface area (Å²) in [5, 5.41) is 11.1. The van der Waals surface area contributed by atoms with E-state index in [0.29, 0.717) is 21.2 Å². The third kappa shape index (κ3) is 2.93. The Bertz CT molecular complexity index is 629. The van der Waals surface area contributed by atoms with Gasteiger partial charge in [0.25, 0.3) is 0 Å². The third-order valence-electron chi connectivity index (χ3n) is 2.84. The van der Waals surface area contributed by atoms with Crippen LogP contribution in [0.4, 0.5) is 4.39 Å². The van der Waals surface area contributed by atoms with Crippen LogP contribution in [0.1, 0.15) is 17.2 Å². The van der Waals surface area contributed by atoms with Crippen LogP contribution >= 0.6 is 39.1 Å². The van der Waals surface area contributed by atoms with E-state index in [9.17, 15) is 9.50 Å². The van der Waals surface area contributed by atoms with Gasteiger partial charge in [-0.2, -0.15) is 0 Å². The van der Waals surface area contributed by atoms with Crippen LogP contribution < -0.4 is 4.74 Å². The van der Waals surface area contributed by atoms with Gasteiger partial charge in [0, 0.05) is 27.2 Å². The molecule has 0 aromatic heterocycles. The number of aliphatic hydroxyl groups is 1.